The summed E-state index contributed by atoms with van der Waals surface area (Å²) in [6, 6.07) is 0. The Bertz CT molecular complexity index is 289. The van der Waals surface area contributed by atoms with E-state index in [-0.39, 0.29) is 0 Å². The topological polar surface area (TPSA) is 6.48 Å². The predicted molar refractivity (Wildman–Crippen MR) is 97.8 cm³/mol. The van der Waals surface area contributed by atoms with Crippen LogP contribution in [-0.4, -0.2) is 48.8 Å². The van der Waals surface area contributed by atoms with Gasteiger partial charge in [0, 0.05) is 29.9 Å². The van der Waals surface area contributed by atoms with Gasteiger partial charge in [-0.25, -0.2) is 0 Å². The van der Waals surface area contributed by atoms with Crippen LogP contribution in [-0.2, 0) is 0 Å². The molecule has 21 heavy (non-hydrogen) atoms. The fourth-order valence-corrected chi connectivity index (χ4v) is 3.78. The van der Waals surface area contributed by atoms with E-state index >= 15 is 0 Å². The summed E-state index contributed by atoms with van der Waals surface area (Å²) in [5.74, 6) is 2.12. The monoisotopic (exact) mass is 312 g/mol. The summed E-state index contributed by atoms with van der Waals surface area (Å²) in [6.45, 7) is 11.9. The van der Waals surface area contributed by atoms with Crippen molar-refractivity contribution in [3.8, 4) is 0 Å². The Balaban J connectivity index is 2.19. The van der Waals surface area contributed by atoms with Crippen molar-refractivity contribution in [3.63, 3.8) is 0 Å². The fourth-order valence-electron chi connectivity index (χ4n) is 2.68. The van der Waals surface area contributed by atoms with Crippen LogP contribution in [0.25, 0.3) is 0 Å². The first-order chi connectivity index (χ1) is 10.1. The van der Waals surface area contributed by atoms with Crippen LogP contribution in [0, 0.1) is 5.92 Å². The maximum absolute atomic E-state index is 2.55. The molecule has 2 nitrogen and oxygen atoms in total. The second-order valence-corrected chi connectivity index (χ2v) is 8.00. The molecule has 0 aromatic heterocycles. The molecule has 0 radical (unpaired) electrons. The third kappa shape index (κ3) is 9.46. The van der Waals surface area contributed by atoms with Crippen molar-refractivity contribution < 1.29 is 0 Å². The first kappa shape index (κ1) is 18.9. The van der Waals surface area contributed by atoms with Crippen molar-refractivity contribution in [1.82, 2.24) is 9.80 Å². The molecule has 0 saturated heterocycles. The van der Waals surface area contributed by atoms with E-state index in [1.54, 1.807) is 4.91 Å². The van der Waals surface area contributed by atoms with E-state index < -0.39 is 0 Å². The van der Waals surface area contributed by atoms with Crippen molar-refractivity contribution >= 4 is 11.8 Å². The van der Waals surface area contributed by atoms with Gasteiger partial charge in [0.25, 0.3) is 0 Å². The minimum absolute atomic E-state index is 0.839. The summed E-state index contributed by atoms with van der Waals surface area (Å²) in [6.07, 6.45) is 10.3. The van der Waals surface area contributed by atoms with Crippen molar-refractivity contribution in [2.24, 2.45) is 5.92 Å². The van der Waals surface area contributed by atoms with Gasteiger partial charge in [-0.05, 0) is 58.2 Å². The molecule has 0 unspecified atom stereocenters. The van der Waals surface area contributed by atoms with E-state index in [0.717, 1.165) is 5.92 Å². The number of nitrogens with zero attached hydrogens (tertiary/aromatic N) is 2. The zero-order chi connectivity index (χ0) is 15.5. The average Bonchev–Trinajstić information content (AvgIpc) is 2.45. The van der Waals surface area contributed by atoms with Gasteiger partial charge < -0.3 is 9.80 Å². The molecule has 1 heterocycles. The van der Waals surface area contributed by atoms with Crippen LogP contribution in [0.3, 0.4) is 0 Å². The smallest absolute Gasteiger partial charge is 0.0267 e. The van der Waals surface area contributed by atoms with E-state index in [9.17, 15) is 0 Å². The number of thioether (sulfide) groups is 1. The highest BCUT2D eigenvalue weighted by molar-refractivity contribution is 8.03. The molecule has 0 aliphatic carbocycles. The predicted octanol–water partition coefficient (Wildman–Crippen LogP) is 4.82. The van der Waals surface area contributed by atoms with E-state index in [0.29, 0.717) is 0 Å². The lowest BCUT2D eigenvalue weighted by Gasteiger charge is -2.27. The molecule has 0 spiro atoms. The van der Waals surface area contributed by atoms with Crippen molar-refractivity contribution in [1.29, 1.82) is 0 Å². The number of hydrogen-bond acceptors (Lipinski definition) is 3. The lowest BCUT2D eigenvalue weighted by atomic mass is 10.1. The standard InChI is InChI=1S/C18H36N2S/c1-5-6-11-19(4)12-8-10-18-16-20(14-15-21-18)13-7-9-17(2)3/h16-17H,5-15H2,1-4H3. The third-order valence-corrected chi connectivity index (χ3v) is 5.14. The lowest BCUT2D eigenvalue weighted by Crippen LogP contribution is -2.25. The van der Waals surface area contributed by atoms with E-state index in [1.807, 2.05) is 0 Å². The number of rotatable bonds is 11. The van der Waals surface area contributed by atoms with Crippen LogP contribution in [0.1, 0.15) is 59.3 Å². The van der Waals surface area contributed by atoms with Gasteiger partial charge >= 0.3 is 0 Å². The molecule has 3 heteroatoms. The van der Waals surface area contributed by atoms with Crippen LogP contribution < -0.4 is 0 Å². The average molecular weight is 313 g/mol. The zero-order valence-corrected chi connectivity index (χ0v) is 15.6. The molecule has 0 bridgehead atoms. The molecule has 0 amide bonds. The SMILES string of the molecule is CCCCN(C)CCCC1=CN(CCCC(C)C)CCS1. The van der Waals surface area contributed by atoms with Gasteiger partial charge in [0.1, 0.15) is 0 Å². The van der Waals surface area contributed by atoms with Crippen molar-refractivity contribution in [3.05, 3.63) is 11.1 Å². The van der Waals surface area contributed by atoms with Gasteiger partial charge in [-0.1, -0.05) is 27.2 Å². The molecule has 124 valence electrons. The Kier molecular flexibility index (Phi) is 10.3. The molecule has 0 atom stereocenters. The first-order valence-corrected chi connectivity index (χ1v) is 9.86. The molecule has 0 saturated carbocycles. The van der Waals surface area contributed by atoms with Crippen LogP contribution in [0.5, 0.6) is 0 Å². The summed E-state index contributed by atoms with van der Waals surface area (Å²) in [4.78, 5) is 6.64. The fraction of sp³-hybridized carbons (Fsp3) is 0.889. The summed E-state index contributed by atoms with van der Waals surface area (Å²) in [5, 5.41) is 0. The summed E-state index contributed by atoms with van der Waals surface area (Å²) in [7, 11) is 2.26. The van der Waals surface area contributed by atoms with Gasteiger partial charge in [-0.15, -0.1) is 11.8 Å². The summed E-state index contributed by atoms with van der Waals surface area (Å²) >= 11 is 2.08. The normalized spacial score (nSPS) is 15.9. The van der Waals surface area contributed by atoms with Crippen molar-refractivity contribution in [2.75, 3.05) is 39.0 Å². The zero-order valence-electron chi connectivity index (χ0n) is 14.7. The minimum Gasteiger partial charge on any atom is -0.376 e. The number of unbranched alkanes of at least 4 members (excludes halogenated alkanes) is 1. The maximum atomic E-state index is 2.55. The molecule has 0 fully saturated rings. The lowest BCUT2D eigenvalue weighted by molar-refractivity contribution is 0.323. The molecule has 1 rings (SSSR count). The van der Waals surface area contributed by atoms with E-state index in [4.69, 9.17) is 0 Å². The van der Waals surface area contributed by atoms with Gasteiger partial charge in [0.05, 0.1) is 0 Å². The molecular weight excluding hydrogens is 276 g/mol. The van der Waals surface area contributed by atoms with Gasteiger partial charge in [-0.3, -0.25) is 0 Å². The van der Waals surface area contributed by atoms with Crippen LogP contribution in [0.2, 0.25) is 0 Å². The molecule has 0 aromatic rings. The Morgan fingerprint density at radius 1 is 1.24 bits per heavy atom. The highest BCUT2D eigenvalue weighted by Crippen LogP contribution is 2.26. The van der Waals surface area contributed by atoms with Crippen molar-refractivity contribution in [2.45, 2.75) is 59.3 Å². The van der Waals surface area contributed by atoms with Gasteiger partial charge in [0.15, 0.2) is 0 Å². The Hall–Kier alpha value is -0.150. The Labute approximate surface area is 137 Å². The Morgan fingerprint density at radius 2 is 2.00 bits per heavy atom. The maximum Gasteiger partial charge on any atom is 0.0267 e. The minimum atomic E-state index is 0.839. The van der Waals surface area contributed by atoms with Crippen LogP contribution in [0.4, 0.5) is 0 Å². The highest BCUT2D eigenvalue weighted by atomic mass is 32.2. The Morgan fingerprint density at radius 3 is 2.71 bits per heavy atom. The summed E-state index contributed by atoms with van der Waals surface area (Å²) < 4.78 is 0. The largest absolute Gasteiger partial charge is 0.376 e. The molecule has 0 aromatic carbocycles. The molecule has 1 aliphatic rings. The van der Waals surface area contributed by atoms with E-state index in [2.05, 4.69) is 55.6 Å². The first-order valence-electron chi connectivity index (χ1n) is 8.88. The molecule has 0 N–H and O–H groups in total. The van der Waals surface area contributed by atoms with Gasteiger partial charge in [0.2, 0.25) is 0 Å². The van der Waals surface area contributed by atoms with Gasteiger partial charge in [-0.2, -0.15) is 0 Å². The second-order valence-electron chi connectivity index (χ2n) is 6.78. The second kappa shape index (κ2) is 11.4. The summed E-state index contributed by atoms with van der Waals surface area (Å²) in [5.41, 5.74) is 0. The number of hydrogen-bond donors (Lipinski definition) is 0. The third-order valence-electron chi connectivity index (χ3n) is 4.08. The van der Waals surface area contributed by atoms with E-state index in [1.165, 1.54) is 70.5 Å². The quantitative estimate of drug-likeness (QED) is 0.540. The van der Waals surface area contributed by atoms with Crippen LogP contribution >= 0.6 is 11.8 Å². The molecule has 1 aliphatic heterocycles. The highest BCUT2D eigenvalue weighted by Gasteiger charge is 2.11. The number of allylic oxidation sites excluding steroid dienone is 1. The molecular formula is C18H36N2S. The van der Waals surface area contributed by atoms with Crippen LogP contribution in [0.15, 0.2) is 11.1 Å².